The number of anilines is 1. The van der Waals surface area contributed by atoms with Crippen LogP contribution in [0.3, 0.4) is 0 Å². The normalized spacial score (nSPS) is 17.0. The molecule has 20 heavy (non-hydrogen) atoms. The second-order valence-corrected chi connectivity index (χ2v) is 5.12. The number of hydrogen-bond donors (Lipinski definition) is 1. The molecular formula is C15H19N5. The van der Waals surface area contributed by atoms with Crippen LogP contribution in [0.5, 0.6) is 0 Å². The average Bonchev–Trinajstić information content (AvgIpc) is 2.51. The summed E-state index contributed by atoms with van der Waals surface area (Å²) in [5, 5.41) is 3.41. The van der Waals surface area contributed by atoms with Crippen LogP contribution in [-0.2, 0) is 6.54 Å². The molecule has 1 N–H and O–H groups in total. The second-order valence-electron chi connectivity index (χ2n) is 5.12. The molecule has 1 fully saturated rings. The van der Waals surface area contributed by atoms with Crippen molar-refractivity contribution in [3.05, 3.63) is 48.5 Å². The van der Waals surface area contributed by atoms with Gasteiger partial charge in [-0.25, -0.2) is 9.97 Å². The lowest BCUT2D eigenvalue weighted by atomic mass is 10.0. The first kappa shape index (κ1) is 13.0. The Bertz CT molecular complexity index is 459. The quantitative estimate of drug-likeness (QED) is 0.919. The number of pyridine rings is 1. The van der Waals surface area contributed by atoms with Gasteiger partial charge in [-0.3, -0.25) is 9.88 Å². The summed E-state index contributed by atoms with van der Waals surface area (Å²) in [4.78, 5) is 15.0. The molecule has 5 nitrogen and oxygen atoms in total. The van der Waals surface area contributed by atoms with Gasteiger partial charge < -0.3 is 5.32 Å². The van der Waals surface area contributed by atoms with Crippen LogP contribution >= 0.6 is 0 Å². The fourth-order valence-corrected chi connectivity index (χ4v) is 2.54. The van der Waals surface area contributed by atoms with E-state index in [1.54, 1.807) is 12.4 Å². The SMILES string of the molecule is c1cnc(NC2CCN(Cc3ccncc3)CC2)nc1. The van der Waals surface area contributed by atoms with Crippen LogP contribution in [-0.4, -0.2) is 39.0 Å². The van der Waals surface area contributed by atoms with Crippen molar-refractivity contribution in [3.8, 4) is 0 Å². The molecule has 0 unspecified atom stereocenters. The van der Waals surface area contributed by atoms with Gasteiger partial charge in [-0.15, -0.1) is 0 Å². The zero-order valence-corrected chi connectivity index (χ0v) is 11.4. The standard InChI is InChI=1S/C15H19N5/c1-6-17-15(18-7-1)19-14-4-10-20(11-5-14)12-13-2-8-16-9-3-13/h1-3,6-9,14H,4-5,10-12H2,(H,17,18,19). The predicted molar refractivity (Wildman–Crippen MR) is 78.2 cm³/mol. The Hall–Kier alpha value is -2.01. The summed E-state index contributed by atoms with van der Waals surface area (Å²) in [6.07, 6.45) is 9.52. The summed E-state index contributed by atoms with van der Waals surface area (Å²) >= 11 is 0. The Morgan fingerprint density at radius 3 is 2.45 bits per heavy atom. The van der Waals surface area contributed by atoms with E-state index in [-0.39, 0.29) is 0 Å². The highest BCUT2D eigenvalue weighted by Gasteiger charge is 2.19. The van der Waals surface area contributed by atoms with Crippen molar-refractivity contribution in [2.45, 2.75) is 25.4 Å². The molecule has 104 valence electrons. The summed E-state index contributed by atoms with van der Waals surface area (Å²) in [6.45, 7) is 3.22. The third-order valence-electron chi connectivity index (χ3n) is 3.64. The smallest absolute Gasteiger partial charge is 0.222 e. The minimum absolute atomic E-state index is 0.478. The highest BCUT2D eigenvalue weighted by molar-refractivity contribution is 5.24. The van der Waals surface area contributed by atoms with Gasteiger partial charge >= 0.3 is 0 Å². The maximum Gasteiger partial charge on any atom is 0.222 e. The van der Waals surface area contributed by atoms with Crippen LogP contribution in [0.15, 0.2) is 43.0 Å². The van der Waals surface area contributed by atoms with E-state index in [2.05, 4.69) is 37.3 Å². The zero-order chi connectivity index (χ0) is 13.6. The van der Waals surface area contributed by atoms with Crippen molar-refractivity contribution in [2.75, 3.05) is 18.4 Å². The van der Waals surface area contributed by atoms with Crippen LogP contribution in [0.4, 0.5) is 5.95 Å². The maximum atomic E-state index is 4.22. The van der Waals surface area contributed by atoms with Crippen LogP contribution < -0.4 is 5.32 Å². The van der Waals surface area contributed by atoms with E-state index in [4.69, 9.17) is 0 Å². The molecular weight excluding hydrogens is 250 g/mol. The Morgan fingerprint density at radius 2 is 1.75 bits per heavy atom. The number of piperidine rings is 1. The van der Waals surface area contributed by atoms with Crippen molar-refractivity contribution in [1.29, 1.82) is 0 Å². The van der Waals surface area contributed by atoms with E-state index in [0.717, 1.165) is 38.4 Å². The third-order valence-corrected chi connectivity index (χ3v) is 3.64. The van der Waals surface area contributed by atoms with Gasteiger partial charge in [0.15, 0.2) is 0 Å². The predicted octanol–water partition coefficient (Wildman–Crippen LogP) is 1.95. The molecule has 1 aliphatic heterocycles. The summed E-state index contributed by atoms with van der Waals surface area (Å²) in [5.41, 5.74) is 1.33. The molecule has 1 aliphatic rings. The molecule has 1 saturated heterocycles. The first-order chi connectivity index (χ1) is 9.90. The third kappa shape index (κ3) is 3.51. The van der Waals surface area contributed by atoms with E-state index >= 15 is 0 Å². The first-order valence-electron chi connectivity index (χ1n) is 7.05. The first-order valence-corrected chi connectivity index (χ1v) is 7.05. The summed E-state index contributed by atoms with van der Waals surface area (Å²) in [7, 11) is 0. The second kappa shape index (κ2) is 6.43. The molecule has 5 heteroatoms. The van der Waals surface area contributed by atoms with Gasteiger partial charge in [0, 0.05) is 50.5 Å². The molecule has 0 amide bonds. The molecule has 3 rings (SSSR count). The lowest BCUT2D eigenvalue weighted by Gasteiger charge is -2.32. The van der Waals surface area contributed by atoms with Crippen LogP contribution in [0.2, 0.25) is 0 Å². The Labute approximate surface area is 119 Å². The van der Waals surface area contributed by atoms with Crippen molar-refractivity contribution < 1.29 is 0 Å². The Morgan fingerprint density at radius 1 is 1.05 bits per heavy atom. The molecule has 0 radical (unpaired) electrons. The minimum atomic E-state index is 0.478. The Balaban J connectivity index is 1.47. The van der Waals surface area contributed by atoms with Gasteiger partial charge in [0.05, 0.1) is 0 Å². The monoisotopic (exact) mass is 269 g/mol. The van der Waals surface area contributed by atoms with Crippen molar-refractivity contribution in [1.82, 2.24) is 19.9 Å². The number of hydrogen-bond acceptors (Lipinski definition) is 5. The van der Waals surface area contributed by atoms with Gasteiger partial charge in [-0.2, -0.15) is 0 Å². The number of rotatable bonds is 4. The highest BCUT2D eigenvalue weighted by Crippen LogP contribution is 2.15. The van der Waals surface area contributed by atoms with Gasteiger partial charge in [0.25, 0.3) is 0 Å². The molecule has 0 aliphatic carbocycles. The van der Waals surface area contributed by atoms with E-state index < -0.39 is 0 Å². The fraction of sp³-hybridized carbons (Fsp3) is 0.400. The van der Waals surface area contributed by atoms with Gasteiger partial charge in [0.1, 0.15) is 0 Å². The molecule has 0 bridgehead atoms. The van der Waals surface area contributed by atoms with Crippen molar-refractivity contribution in [2.24, 2.45) is 0 Å². The maximum absolute atomic E-state index is 4.22. The molecule has 2 aromatic rings. The summed E-state index contributed by atoms with van der Waals surface area (Å²) < 4.78 is 0. The molecule has 0 saturated carbocycles. The zero-order valence-electron chi connectivity index (χ0n) is 11.4. The van der Waals surface area contributed by atoms with Gasteiger partial charge in [-0.1, -0.05) is 0 Å². The average molecular weight is 269 g/mol. The molecule has 0 aromatic carbocycles. The topological polar surface area (TPSA) is 53.9 Å². The molecule has 3 heterocycles. The molecule has 0 spiro atoms. The van der Waals surface area contributed by atoms with Crippen molar-refractivity contribution in [3.63, 3.8) is 0 Å². The Kier molecular flexibility index (Phi) is 4.18. The van der Waals surface area contributed by atoms with Crippen molar-refractivity contribution >= 4 is 5.95 Å². The minimum Gasteiger partial charge on any atom is -0.351 e. The van der Waals surface area contributed by atoms with E-state index in [9.17, 15) is 0 Å². The highest BCUT2D eigenvalue weighted by atomic mass is 15.2. The number of aromatic nitrogens is 3. The van der Waals surface area contributed by atoms with Crippen LogP contribution in [0.1, 0.15) is 18.4 Å². The van der Waals surface area contributed by atoms with Crippen LogP contribution in [0.25, 0.3) is 0 Å². The van der Waals surface area contributed by atoms with E-state index in [0.29, 0.717) is 6.04 Å². The fourth-order valence-electron chi connectivity index (χ4n) is 2.54. The number of nitrogens with one attached hydrogen (secondary N) is 1. The lowest BCUT2D eigenvalue weighted by Crippen LogP contribution is -2.38. The lowest BCUT2D eigenvalue weighted by molar-refractivity contribution is 0.211. The van der Waals surface area contributed by atoms with Crippen LogP contribution in [0, 0.1) is 0 Å². The molecule has 2 aromatic heterocycles. The largest absolute Gasteiger partial charge is 0.351 e. The van der Waals surface area contributed by atoms with Gasteiger partial charge in [-0.05, 0) is 36.6 Å². The van der Waals surface area contributed by atoms with E-state index in [1.807, 2.05) is 18.5 Å². The summed E-state index contributed by atoms with van der Waals surface area (Å²) in [5.74, 6) is 0.736. The van der Waals surface area contributed by atoms with Gasteiger partial charge in [0.2, 0.25) is 5.95 Å². The number of nitrogens with zero attached hydrogens (tertiary/aromatic N) is 4. The van der Waals surface area contributed by atoms with E-state index in [1.165, 1.54) is 5.56 Å². The molecule has 0 atom stereocenters. The number of likely N-dealkylation sites (tertiary alicyclic amines) is 1. The summed E-state index contributed by atoms with van der Waals surface area (Å²) in [6, 6.07) is 6.48.